The molecule has 1 N–H and O–H groups in total. The van der Waals surface area contributed by atoms with E-state index in [9.17, 15) is 10.1 Å². The average molecular weight is 321 g/mol. The van der Waals surface area contributed by atoms with Crippen molar-refractivity contribution in [3.8, 4) is 0 Å². The Morgan fingerprint density at radius 3 is 2.95 bits per heavy atom. The predicted molar refractivity (Wildman–Crippen MR) is 85.6 cm³/mol. The maximum absolute atomic E-state index is 11.3. The van der Waals surface area contributed by atoms with E-state index in [0.717, 1.165) is 19.5 Å². The fraction of sp³-hybridized carbons (Fsp3) is 0.643. The predicted octanol–water partition coefficient (Wildman–Crippen LogP) is 2.73. The van der Waals surface area contributed by atoms with Crippen LogP contribution in [0.1, 0.15) is 32.1 Å². The van der Waals surface area contributed by atoms with Gasteiger partial charge in [-0.25, -0.2) is 0 Å². The molecular weight excluding hydrogens is 302 g/mol. The van der Waals surface area contributed by atoms with E-state index >= 15 is 0 Å². The maximum atomic E-state index is 11.3. The smallest absolute Gasteiger partial charge is 0.359 e. The third kappa shape index (κ3) is 2.36. The van der Waals surface area contributed by atoms with Crippen LogP contribution >= 0.6 is 11.3 Å². The molecule has 2 aliphatic rings. The van der Waals surface area contributed by atoms with Crippen LogP contribution in [0.4, 0.5) is 11.6 Å². The topological polar surface area (TPSA) is 75.7 Å². The van der Waals surface area contributed by atoms with Gasteiger partial charge < -0.3 is 15.4 Å². The number of rotatable bonds is 4. The van der Waals surface area contributed by atoms with Crippen LogP contribution in [-0.2, 0) is 0 Å². The lowest BCUT2D eigenvalue weighted by molar-refractivity contribution is -0.389. The standard InChI is InChI=1S/C14H19N5O2S/c20-19(21)13-12(16-14-18(13)7-8-22-14)15-10-5-6-17(9-10)11-3-1-2-4-11/h7-8,10-11,15H,1-6,9H2. The highest BCUT2D eigenvalue weighted by Crippen LogP contribution is 2.31. The lowest BCUT2D eigenvalue weighted by Gasteiger charge is -2.23. The molecular formula is C14H19N5O2S. The summed E-state index contributed by atoms with van der Waals surface area (Å²) in [5, 5.41) is 16.5. The van der Waals surface area contributed by atoms with Crippen LogP contribution in [0.2, 0.25) is 0 Å². The van der Waals surface area contributed by atoms with Gasteiger partial charge in [0.25, 0.3) is 4.96 Å². The first-order valence-corrected chi connectivity index (χ1v) is 8.71. The number of likely N-dealkylation sites (tertiary alicyclic amines) is 1. The zero-order valence-corrected chi connectivity index (χ0v) is 13.1. The van der Waals surface area contributed by atoms with Gasteiger partial charge in [-0.15, -0.1) is 0 Å². The Morgan fingerprint density at radius 1 is 1.36 bits per heavy atom. The number of nitro groups is 1. The molecule has 0 aromatic carbocycles. The molecule has 0 radical (unpaired) electrons. The summed E-state index contributed by atoms with van der Waals surface area (Å²) in [4.78, 5) is 18.6. The molecule has 3 heterocycles. The van der Waals surface area contributed by atoms with E-state index in [2.05, 4.69) is 15.2 Å². The summed E-state index contributed by atoms with van der Waals surface area (Å²) >= 11 is 1.42. The van der Waals surface area contributed by atoms with Crippen molar-refractivity contribution in [3.05, 3.63) is 21.7 Å². The lowest BCUT2D eigenvalue weighted by Crippen LogP contribution is -2.33. The van der Waals surface area contributed by atoms with E-state index in [1.807, 2.05) is 5.38 Å². The number of hydrogen-bond acceptors (Lipinski definition) is 6. The summed E-state index contributed by atoms with van der Waals surface area (Å²) in [7, 11) is 0. The van der Waals surface area contributed by atoms with Crippen LogP contribution in [0.25, 0.3) is 4.96 Å². The minimum atomic E-state index is -0.348. The third-order valence-electron chi connectivity index (χ3n) is 4.81. The van der Waals surface area contributed by atoms with Crippen molar-refractivity contribution in [2.75, 3.05) is 18.4 Å². The first-order valence-electron chi connectivity index (χ1n) is 7.83. The van der Waals surface area contributed by atoms with Crippen LogP contribution < -0.4 is 5.32 Å². The van der Waals surface area contributed by atoms with Crippen LogP contribution in [0, 0.1) is 10.1 Å². The van der Waals surface area contributed by atoms with Gasteiger partial charge in [0, 0.05) is 30.6 Å². The second-order valence-electron chi connectivity index (χ2n) is 6.16. The van der Waals surface area contributed by atoms with E-state index in [-0.39, 0.29) is 16.8 Å². The molecule has 1 atom stereocenters. The van der Waals surface area contributed by atoms with Crippen molar-refractivity contribution >= 4 is 27.9 Å². The number of nitrogens with zero attached hydrogens (tertiary/aromatic N) is 4. The molecule has 1 saturated carbocycles. The number of nitrogens with one attached hydrogen (secondary N) is 1. The van der Waals surface area contributed by atoms with Crippen molar-refractivity contribution < 1.29 is 4.92 Å². The Morgan fingerprint density at radius 2 is 2.18 bits per heavy atom. The molecule has 1 aliphatic carbocycles. The van der Waals surface area contributed by atoms with Gasteiger partial charge in [0.2, 0.25) is 5.82 Å². The molecule has 1 aliphatic heterocycles. The van der Waals surface area contributed by atoms with Crippen LogP contribution in [0.15, 0.2) is 11.6 Å². The fourth-order valence-electron chi connectivity index (χ4n) is 3.74. The van der Waals surface area contributed by atoms with E-state index in [1.165, 1.54) is 37.0 Å². The number of anilines is 1. The first-order chi connectivity index (χ1) is 10.7. The Labute approximate surface area is 132 Å². The van der Waals surface area contributed by atoms with Gasteiger partial charge in [0.15, 0.2) is 0 Å². The van der Waals surface area contributed by atoms with Crippen molar-refractivity contribution in [1.29, 1.82) is 0 Å². The van der Waals surface area contributed by atoms with Crippen molar-refractivity contribution in [3.63, 3.8) is 0 Å². The molecule has 0 amide bonds. The molecule has 7 nitrogen and oxygen atoms in total. The fourth-order valence-corrected chi connectivity index (χ4v) is 4.45. The Kier molecular flexibility index (Phi) is 3.50. The summed E-state index contributed by atoms with van der Waals surface area (Å²) in [6, 6.07) is 0.969. The highest BCUT2D eigenvalue weighted by atomic mass is 32.1. The molecule has 8 heteroatoms. The van der Waals surface area contributed by atoms with Gasteiger partial charge in [-0.05, 0) is 24.2 Å². The molecule has 0 spiro atoms. The van der Waals surface area contributed by atoms with Crippen molar-refractivity contribution in [2.45, 2.75) is 44.2 Å². The average Bonchev–Trinajstić information content (AvgIpc) is 3.22. The third-order valence-corrected chi connectivity index (χ3v) is 5.57. The van der Waals surface area contributed by atoms with E-state index in [1.54, 1.807) is 10.6 Å². The molecule has 0 bridgehead atoms. The zero-order chi connectivity index (χ0) is 15.1. The van der Waals surface area contributed by atoms with Crippen molar-refractivity contribution in [1.82, 2.24) is 14.3 Å². The lowest BCUT2D eigenvalue weighted by atomic mass is 10.2. The summed E-state index contributed by atoms with van der Waals surface area (Å²) in [6.45, 7) is 2.05. The number of aromatic nitrogens is 2. The number of fused-ring (bicyclic) bond motifs is 1. The summed E-state index contributed by atoms with van der Waals surface area (Å²) < 4.78 is 1.55. The Balaban J connectivity index is 1.50. The second kappa shape index (κ2) is 5.51. The van der Waals surface area contributed by atoms with Gasteiger partial charge in [-0.3, -0.25) is 4.90 Å². The summed E-state index contributed by atoms with van der Waals surface area (Å²) in [5.74, 6) is 0.464. The molecule has 4 rings (SSSR count). The number of thiazole rings is 1. The maximum Gasteiger partial charge on any atom is 0.372 e. The quantitative estimate of drug-likeness (QED) is 0.692. The minimum Gasteiger partial charge on any atom is -0.359 e. The first kappa shape index (κ1) is 14.0. The van der Waals surface area contributed by atoms with E-state index in [0.29, 0.717) is 16.8 Å². The van der Waals surface area contributed by atoms with Crippen LogP contribution in [0.5, 0.6) is 0 Å². The second-order valence-corrected chi connectivity index (χ2v) is 7.03. The van der Waals surface area contributed by atoms with Crippen molar-refractivity contribution in [2.24, 2.45) is 0 Å². The normalized spacial score (nSPS) is 23.5. The van der Waals surface area contributed by atoms with E-state index in [4.69, 9.17) is 0 Å². The summed E-state index contributed by atoms with van der Waals surface area (Å²) in [5.41, 5.74) is 0. The molecule has 1 saturated heterocycles. The highest BCUT2D eigenvalue weighted by molar-refractivity contribution is 7.15. The van der Waals surface area contributed by atoms with Gasteiger partial charge in [0.1, 0.15) is 6.20 Å². The largest absolute Gasteiger partial charge is 0.372 e. The molecule has 2 fully saturated rings. The summed E-state index contributed by atoms with van der Waals surface area (Å²) in [6.07, 6.45) is 8.00. The SMILES string of the molecule is O=[N+]([O-])c1c(NC2CCN(C3CCCC3)C2)nc2sccn12. The number of hydrogen-bond donors (Lipinski definition) is 1. The molecule has 118 valence electrons. The Hall–Kier alpha value is -1.67. The Bertz CT molecular complexity index is 691. The zero-order valence-electron chi connectivity index (χ0n) is 12.3. The van der Waals surface area contributed by atoms with E-state index < -0.39 is 0 Å². The van der Waals surface area contributed by atoms with Gasteiger partial charge in [-0.2, -0.15) is 9.38 Å². The van der Waals surface area contributed by atoms with Gasteiger partial charge in [0.05, 0.1) is 0 Å². The van der Waals surface area contributed by atoms with Crippen LogP contribution in [-0.4, -0.2) is 44.4 Å². The highest BCUT2D eigenvalue weighted by Gasteiger charge is 2.32. The monoisotopic (exact) mass is 321 g/mol. The number of imidazole rings is 1. The van der Waals surface area contributed by atoms with Crippen LogP contribution in [0.3, 0.4) is 0 Å². The minimum absolute atomic E-state index is 0.0515. The molecule has 2 aromatic heterocycles. The van der Waals surface area contributed by atoms with Gasteiger partial charge in [-0.1, -0.05) is 24.2 Å². The van der Waals surface area contributed by atoms with Gasteiger partial charge >= 0.3 is 5.82 Å². The molecule has 1 unspecified atom stereocenters. The molecule has 2 aromatic rings. The molecule has 22 heavy (non-hydrogen) atoms.